The number of carbonyl (C=O) groups is 1. The summed E-state index contributed by atoms with van der Waals surface area (Å²) in [6, 6.07) is 0. The minimum Gasteiger partial charge on any atom is -0.444 e. The fraction of sp³-hybridized carbons (Fsp3) is 0.857. The van der Waals surface area contributed by atoms with Crippen LogP contribution in [-0.4, -0.2) is 67.4 Å². The first kappa shape index (κ1) is 22.8. The number of nitrogens with zero attached hydrogens (tertiary/aromatic N) is 2. The Balaban J connectivity index is 2.21. The Morgan fingerprint density at radius 1 is 1.19 bits per heavy atom. The molecule has 5 heteroatoms. The van der Waals surface area contributed by atoms with Crippen molar-refractivity contribution >= 4 is 6.09 Å². The molecule has 1 amide bonds. The van der Waals surface area contributed by atoms with Crippen LogP contribution in [-0.2, 0) is 9.47 Å². The van der Waals surface area contributed by atoms with E-state index in [9.17, 15) is 4.79 Å². The highest BCUT2D eigenvalue weighted by molar-refractivity contribution is 5.68. The van der Waals surface area contributed by atoms with Gasteiger partial charge in [0.1, 0.15) is 5.60 Å². The number of piperidine rings is 1. The zero-order chi connectivity index (χ0) is 19.4. The van der Waals surface area contributed by atoms with Crippen molar-refractivity contribution in [2.45, 2.75) is 65.4 Å². The van der Waals surface area contributed by atoms with Gasteiger partial charge in [0.15, 0.2) is 0 Å². The molecule has 1 saturated heterocycles. The summed E-state index contributed by atoms with van der Waals surface area (Å²) in [5, 5.41) is 0. The van der Waals surface area contributed by atoms with E-state index in [1.165, 1.54) is 25.9 Å². The van der Waals surface area contributed by atoms with Gasteiger partial charge in [-0.3, -0.25) is 0 Å². The number of terminal acetylenes is 1. The molecule has 0 atom stereocenters. The van der Waals surface area contributed by atoms with E-state index in [0.29, 0.717) is 26.1 Å². The predicted molar refractivity (Wildman–Crippen MR) is 106 cm³/mol. The van der Waals surface area contributed by atoms with Gasteiger partial charge in [0.2, 0.25) is 0 Å². The summed E-state index contributed by atoms with van der Waals surface area (Å²) < 4.78 is 11.2. The van der Waals surface area contributed by atoms with E-state index in [-0.39, 0.29) is 6.09 Å². The molecule has 1 heterocycles. The van der Waals surface area contributed by atoms with Gasteiger partial charge in [-0.15, -0.1) is 12.3 Å². The van der Waals surface area contributed by atoms with Crippen molar-refractivity contribution < 1.29 is 14.3 Å². The number of ether oxygens (including phenoxy) is 2. The molecule has 0 radical (unpaired) electrons. The van der Waals surface area contributed by atoms with Crippen molar-refractivity contribution in [2.75, 3.05) is 45.9 Å². The molecule has 5 nitrogen and oxygen atoms in total. The second kappa shape index (κ2) is 12.2. The van der Waals surface area contributed by atoms with Gasteiger partial charge in [-0.05, 0) is 65.5 Å². The summed E-state index contributed by atoms with van der Waals surface area (Å²) in [7, 11) is 0. The average Bonchev–Trinajstić information content (AvgIpc) is 2.56. The average molecular weight is 367 g/mol. The zero-order valence-corrected chi connectivity index (χ0v) is 17.3. The summed E-state index contributed by atoms with van der Waals surface area (Å²) in [5.41, 5.74) is -0.492. The predicted octanol–water partition coefficient (Wildman–Crippen LogP) is 3.78. The topological polar surface area (TPSA) is 42.0 Å². The Morgan fingerprint density at radius 3 is 2.50 bits per heavy atom. The third kappa shape index (κ3) is 10.7. The molecular formula is C21H38N2O3. The van der Waals surface area contributed by atoms with Crippen LogP contribution in [0.15, 0.2) is 0 Å². The van der Waals surface area contributed by atoms with Crippen LogP contribution in [0.25, 0.3) is 0 Å². The van der Waals surface area contributed by atoms with E-state index in [1.807, 2.05) is 20.8 Å². The summed E-state index contributed by atoms with van der Waals surface area (Å²) in [6.45, 7) is 13.9. The SMILES string of the molecule is C#CCCCN(CCOCCCN1CCC(C)CC1)C(=O)OC(C)(C)C. The van der Waals surface area contributed by atoms with E-state index < -0.39 is 5.60 Å². The van der Waals surface area contributed by atoms with Crippen LogP contribution in [0, 0.1) is 18.3 Å². The normalized spacial score (nSPS) is 16.3. The van der Waals surface area contributed by atoms with E-state index in [2.05, 4.69) is 17.7 Å². The second-order valence-electron chi connectivity index (χ2n) is 8.27. The molecule has 0 aromatic rings. The number of carbonyl (C=O) groups excluding carboxylic acids is 1. The van der Waals surface area contributed by atoms with Crippen molar-refractivity contribution in [1.29, 1.82) is 0 Å². The van der Waals surface area contributed by atoms with Gasteiger partial charge in [0, 0.05) is 32.7 Å². The standard InChI is InChI=1S/C21H38N2O3/c1-6-7-8-13-23(20(24)26-21(3,4)5)16-18-25-17-9-12-22-14-10-19(2)11-15-22/h1,19H,7-18H2,2-5H3. The summed E-state index contributed by atoms with van der Waals surface area (Å²) in [5.74, 6) is 3.48. The van der Waals surface area contributed by atoms with Crippen molar-refractivity contribution in [3.63, 3.8) is 0 Å². The molecule has 0 aliphatic carbocycles. The molecular weight excluding hydrogens is 328 g/mol. The van der Waals surface area contributed by atoms with Crippen LogP contribution in [0.4, 0.5) is 4.79 Å². The second-order valence-corrected chi connectivity index (χ2v) is 8.27. The van der Waals surface area contributed by atoms with Crippen molar-refractivity contribution in [3.05, 3.63) is 0 Å². The fourth-order valence-corrected chi connectivity index (χ4v) is 2.95. The number of unbranched alkanes of at least 4 members (excludes halogenated alkanes) is 1. The third-order valence-corrected chi connectivity index (χ3v) is 4.55. The van der Waals surface area contributed by atoms with E-state index >= 15 is 0 Å². The van der Waals surface area contributed by atoms with Crippen molar-refractivity contribution in [2.24, 2.45) is 5.92 Å². The summed E-state index contributed by atoms with van der Waals surface area (Å²) in [4.78, 5) is 16.5. The highest BCUT2D eigenvalue weighted by Gasteiger charge is 2.21. The molecule has 1 fully saturated rings. The van der Waals surface area contributed by atoms with E-state index in [4.69, 9.17) is 15.9 Å². The van der Waals surface area contributed by atoms with Crippen molar-refractivity contribution in [1.82, 2.24) is 9.80 Å². The van der Waals surface area contributed by atoms with Crippen LogP contribution in [0.2, 0.25) is 0 Å². The molecule has 0 saturated carbocycles. The third-order valence-electron chi connectivity index (χ3n) is 4.55. The Hall–Kier alpha value is -1.25. The molecule has 0 unspecified atom stereocenters. The zero-order valence-electron chi connectivity index (χ0n) is 17.3. The van der Waals surface area contributed by atoms with Gasteiger partial charge in [-0.2, -0.15) is 0 Å². The maximum Gasteiger partial charge on any atom is 0.410 e. The van der Waals surface area contributed by atoms with Crippen LogP contribution < -0.4 is 0 Å². The van der Waals surface area contributed by atoms with Crippen LogP contribution in [0.1, 0.15) is 59.8 Å². The number of likely N-dealkylation sites (tertiary alicyclic amines) is 1. The molecule has 1 aliphatic rings. The lowest BCUT2D eigenvalue weighted by molar-refractivity contribution is 0.0168. The number of rotatable bonds is 10. The lowest BCUT2D eigenvalue weighted by Gasteiger charge is -2.30. The molecule has 0 aromatic heterocycles. The van der Waals surface area contributed by atoms with Gasteiger partial charge in [-0.25, -0.2) is 4.79 Å². The van der Waals surface area contributed by atoms with Gasteiger partial charge < -0.3 is 19.3 Å². The summed E-state index contributed by atoms with van der Waals surface area (Å²) >= 11 is 0. The van der Waals surface area contributed by atoms with Gasteiger partial charge >= 0.3 is 6.09 Å². The number of hydrogen-bond donors (Lipinski definition) is 0. The van der Waals surface area contributed by atoms with Crippen LogP contribution in [0.5, 0.6) is 0 Å². The summed E-state index contributed by atoms with van der Waals surface area (Å²) in [6.07, 6.45) is 10.1. The van der Waals surface area contributed by atoms with E-state index in [0.717, 1.165) is 31.9 Å². The Kier molecular flexibility index (Phi) is 10.7. The highest BCUT2D eigenvalue weighted by atomic mass is 16.6. The maximum absolute atomic E-state index is 12.3. The fourth-order valence-electron chi connectivity index (χ4n) is 2.95. The molecule has 0 aromatic carbocycles. The minimum atomic E-state index is -0.492. The maximum atomic E-state index is 12.3. The Morgan fingerprint density at radius 2 is 1.88 bits per heavy atom. The molecule has 26 heavy (non-hydrogen) atoms. The van der Waals surface area contributed by atoms with Crippen LogP contribution >= 0.6 is 0 Å². The lowest BCUT2D eigenvalue weighted by Crippen LogP contribution is -2.39. The highest BCUT2D eigenvalue weighted by Crippen LogP contribution is 2.15. The monoisotopic (exact) mass is 366 g/mol. The Bertz CT molecular complexity index is 432. The van der Waals surface area contributed by atoms with E-state index in [1.54, 1.807) is 4.90 Å². The molecule has 1 aliphatic heterocycles. The van der Waals surface area contributed by atoms with Gasteiger partial charge in [0.05, 0.1) is 6.61 Å². The number of hydrogen-bond acceptors (Lipinski definition) is 4. The van der Waals surface area contributed by atoms with Gasteiger partial charge in [0.25, 0.3) is 0 Å². The smallest absolute Gasteiger partial charge is 0.410 e. The lowest BCUT2D eigenvalue weighted by atomic mass is 9.99. The first-order valence-corrected chi connectivity index (χ1v) is 10.0. The minimum absolute atomic E-state index is 0.291. The quantitative estimate of drug-likeness (QED) is 0.436. The first-order valence-electron chi connectivity index (χ1n) is 10.0. The molecule has 0 spiro atoms. The largest absolute Gasteiger partial charge is 0.444 e. The number of amides is 1. The Labute approximate surface area is 160 Å². The molecule has 0 bridgehead atoms. The van der Waals surface area contributed by atoms with Crippen LogP contribution in [0.3, 0.4) is 0 Å². The molecule has 150 valence electrons. The molecule has 1 rings (SSSR count). The molecule has 0 N–H and O–H groups in total. The first-order chi connectivity index (χ1) is 12.3. The van der Waals surface area contributed by atoms with Gasteiger partial charge in [-0.1, -0.05) is 6.92 Å². The van der Waals surface area contributed by atoms with Crippen molar-refractivity contribution in [3.8, 4) is 12.3 Å².